The van der Waals surface area contributed by atoms with Crippen LogP contribution in [-0.2, 0) is 11.8 Å². The van der Waals surface area contributed by atoms with E-state index in [1.165, 1.54) is 0 Å². The van der Waals surface area contributed by atoms with Gasteiger partial charge >= 0.3 is 0 Å². The largest absolute Gasteiger partial charge is 0.325 e. The van der Waals surface area contributed by atoms with Gasteiger partial charge in [-0.15, -0.1) is 10.2 Å². The SMILES string of the molecule is CC(C)NCCC(=O)Nc1ccccc1-c1nncn1C. The molecule has 0 aliphatic carbocycles. The first-order chi connectivity index (χ1) is 10.1. The lowest BCUT2D eigenvalue weighted by Gasteiger charge is -2.11. The Labute approximate surface area is 124 Å². The van der Waals surface area contributed by atoms with Crippen molar-refractivity contribution in [3.8, 4) is 11.4 Å². The molecule has 6 heteroatoms. The first-order valence-corrected chi connectivity index (χ1v) is 7.04. The third-order valence-electron chi connectivity index (χ3n) is 3.06. The number of aromatic nitrogens is 3. The molecule has 0 saturated heterocycles. The molecule has 0 aliphatic rings. The lowest BCUT2D eigenvalue weighted by Crippen LogP contribution is -2.27. The normalized spacial score (nSPS) is 10.9. The monoisotopic (exact) mass is 287 g/mol. The zero-order valence-corrected chi connectivity index (χ0v) is 12.6. The van der Waals surface area contributed by atoms with Crippen LogP contribution in [-0.4, -0.2) is 33.3 Å². The van der Waals surface area contributed by atoms with Gasteiger partial charge in [0.1, 0.15) is 6.33 Å². The molecule has 0 unspecified atom stereocenters. The summed E-state index contributed by atoms with van der Waals surface area (Å²) >= 11 is 0. The van der Waals surface area contributed by atoms with Crippen molar-refractivity contribution >= 4 is 11.6 Å². The summed E-state index contributed by atoms with van der Waals surface area (Å²) in [5.74, 6) is 0.712. The minimum Gasteiger partial charge on any atom is -0.325 e. The van der Waals surface area contributed by atoms with E-state index in [1.54, 1.807) is 6.33 Å². The molecule has 1 aromatic heterocycles. The lowest BCUT2D eigenvalue weighted by atomic mass is 10.1. The Kier molecular flexibility index (Phi) is 5.05. The van der Waals surface area contributed by atoms with Crippen LogP contribution in [0.4, 0.5) is 5.69 Å². The second kappa shape index (κ2) is 6.99. The van der Waals surface area contributed by atoms with Gasteiger partial charge in [-0.3, -0.25) is 4.79 Å². The molecular formula is C15H21N5O. The van der Waals surface area contributed by atoms with E-state index in [-0.39, 0.29) is 5.91 Å². The molecule has 1 amide bonds. The maximum absolute atomic E-state index is 12.0. The van der Waals surface area contributed by atoms with Crippen LogP contribution in [0.25, 0.3) is 11.4 Å². The maximum Gasteiger partial charge on any atom is 0.225 e. The predicted molar refractivity (Wildman–Crippen MR) is 82.8 cm³/mol. The molecule has 2 N–H and O–H groups in total. The van der Waals surface area contributed by atoms with Crippen LogP contribution in [0.3, 0.4) is 0 Å². The first kappa shape index (κ1) is 15.2. The molecule has 0 aliphatic heterocycles. The summed E-state index contributed by atoms with van der Waals surface area (Å²) < 4.78 is 1.82. The molecule has 0 spiro atoms. The van der Waals surface area contributed by atoms with Crippen molar-refractivity contribution in [2.24, 2.45) is 7.05 Å². The number of amides is 1. The number of para-hydroxylation sites is 1. The molecule has 2 aromatic rings. The number of nitrogens with zero attached hydrogens (tertiary/aromatic N) is 3. The van der Waals surface area contributed by atoms with Crippen LogP contribution >= 0.6 is 0 Å². The van der Waals surface area contributed by atoms with Gasteiger partial charge in [-0.25, -0.2) is 0 Å². The lowest BCUT2D eigenvalue weighted by molar-refractivity contribution is -0.116. The summed E-state index contributed by atoms with van der Waals surface area (Å²) in [4.78, 5) is 12.0. The number of nitrogens with one attached hydrogen (secondary N) is 2. The van der Waals surface area contributed by atoms with E-state index in [4.69, 9.17) is 0 Å². The first-order valence-electron chi connectivity index (χ1n) is 7.04. The van der Waals surface area contributed by atoms with Gasteiger partial charge < -0.3 is 15.2 Å². The Balaban J connectivity index is 2.07. The smallest absolute Gasteiger partial charge is 0.225 e. The Morgan fingerprint density at radius 3 is 2.76 bits per heavy atom. The molecule has 6 nitrogen and oxygen atoms in total. The minimum absolute atomic E-state index is 0.0160. The summed E-state index contributed by atoms with van der Waals surface area (Å²) in [5, 5.41) is 14.1. The molecule has 2 rings (SSSR count). The van der Waals surface area contributed by atoms with Crippen molar-refractivity contribution < 1.29 is 4.79 Å². The van der Waals surface area contributed by atoms with Gasteiger partial charge in [0.2, 0.25) is 5.91 Å². The molecule has 1 aromatic carbocycles. The number of rotatable bonds is 6. The van der Waals surface area contributed by atoms with E-state index < -0.39 is 0 Å². The molecule has 0 fully saturated rings. The van der Waals surface area contributed by atoms with Crippen LogP contribution in [0, 0.1) is 0 Å². The summed E-state index contributed by atoms with van der Waals surface area (Å²) in [6.07, 6.45) is 2.08. The van der Waals surface area contributed by atoms with Crippen molar-refractivity contribution in [3.63, 3.8) is 0 Å². The average molecular weight is 287 g/mol. The molecule has 21 heavy (non-hydrogen) atoms. The highest BCUT2D eigenvalue weighted by molar-refractivity contribution is 5.94. The van der Waals surface area contributed by atoms with Gasteiger partial charge in [0, 0.05) is 31.6 Å². The van der Waals surface area contributed by atoms with E-state index in [0.29, 0.717) is 19.0 Å². The molecule has 112 valence electrons. The number of hydrogen-bond acceptors (Lipinski definition) is 4. The van der Waals surface area contributed by atoms with Gasteiger partial charge in [0.15, 0.2) is 5.82 Å². The Morgan fingerprint density at radius 1 is 1.33 bits per heavy atom. The van der Waals surface area contributed by atoms with E-state index in [0.717, 1.165) is 17.1 Å². The fourth-order valence-corrected chi connectivity index (χ4v) is 2.00. The maximum atomic E-state index is 12.0. The predicted octanol–water partition coefficient (Wildman–Crippen LogP) is 1.81. The number of benzene rings is 1. The quantitative estimate of drug-likeness (QED) is 0.850. The van der Waals surface area contributed by atoms with E-state index in [2.05, 4.69) is 34.7 Å². The van der Waals surface area contributed by atoms with Crippen molar-refractivity contribution in [2.45, 2.75) is 26.3 Å². The van der Waals surface area contributed by atoms with Crippen molar-refractivity contribution in [1.82, 2.24) is 20.1 Å². The molecule has 0 atom stereocenters. The Bertz CT molecular complexity index is 606. The summed E-state index contributed by atoms with van der Waals surface area (Å²) in [5.41, 5.74) is 1.62. The zero-order chi connectivity index (χ0) is 15.2. The fourth-order valence-electron chi connectivity index (χ4n) is 2.00. The third kappa shape index (κ3) is 4.13. The van der Waals surface area contributed by atoms with Crippen LogP contribution < -0.4 is 10.6 Å². The van der Waals surface area contributed by atoms with Crippen LogP contribution in [0.15, 0.2) is 30.6 Å². The average Bonchev–Trinajstić information content (AvgIpc) is 2.85. The van der Waals surface area contributed by atoms with E-state index in [1.807, 2.05) is 35.9 Å². The highest BCUT2D eigenvalue weighted by atomic mass is 16.1. The fraction of sp³-hybridized carbons (Fsp3) is 0.400. The van der Waals surface area contributed by atoms with Gasteiger partial charge in [-0.1, -0.05) is 26.0 Å². The van der Waals surface area contributed by atoms with Crippen molar-refractivity contribution in [2.75, 3.05) is 11.9 Å². The second-order valence-corrected chi connectivity index (χ2v) is 5.22. The molecular weight excluding hydrogens is 266 g/mol. The number of carbonyl (C=O) groups excluding carboxylic acids is 1. The van der Waals surface area contributed by atoms with Gasteiger partial charge in [-0.2, -0.15) is 0 Å². The minimum atomic E-state index is -0.0160. The molecule has 0 radical (unpaired) electrons. The highest BCUT2D eigenvalue weighted by Crippen LogP contribution is 2.25. The van der Waals surface area contributed by atoms with Gasteiger partial charge in [0.25, 0.3) is 0 Å². The molecule has 0 bridgehead atoms. The van der Waals surface area contributed by atoms with Crippen LogP contribution in [0.1, 0.15) is 20.3 Å². The second-order valence-electron chi connectivity index (χ2n) is 5.22. The van der Waals surface area contributed by atoms with Crippen LogP contribution in [0.2, 0.25) is 0 Å². The summed E-state index contributed by atoms with van der Waals surface area (Å²) in [6.45, 7) is 4.78. The third-order valence-corrected chi connectivity index (χ3v) is 3.06. The van der Waals surface area contributed by atoms with Crippen LogP contribution in [0.5, 0.6) is 0 Å². The van der Waals surface area contributed by atoms with Crippen molar-refractivity contribution in [1.29, 1.82) is 0 Å². The summed E-state index contributed by atoms with van der Waals surface area (Å²) in [6, 6.07) is 7.98. The number of carbonyl (C=O) groups is 1. The standard InChI is InChI=1S/C15H21N5O/c1-11(2)16-9-8-14(21)18-13-7-5-4-6-12(13)15-19-17-10-20(15)3/h4-7,10-11,16H,8-9H2,1-3H3,(H,18,21). The van der Waals surface area contributed by atoms with Gasteiger partial charge in [0.05, 0.1) is 5.69 Å². The number of aryl methyl sites for hydroxylation is 1. The highest BCUT2D eigenvalue weighted by Gasteiger charge is 2.11. The van der Waals surface area contributed by atoms with Gasteiger partial charge in [-0.05, 0) is 12.1 Å². The topological polar surface area (TPSA) is 71.8 Å². The number of hydrogen-bond donors (Lipinski definition) is 2. The van der Waals surface area contributed by atoms with E-state index in [9.17, 15) is 4.79 Å². The number of anilines is 1. The Hall–Kier alpha value is -2.21. The molecule has 1 heterocycles. The summed E-state index contributed by atoms with van der Waals surface area (Å²) in [7, 11) is 1.88. The van der Waals surface area contributed by atoms with Crippen molar-refractivity contribution in [3.05, 3.63) is 30.6 Å². The molecule has 0 saturated carbocycles. The van der Waals surface area contributed by atoms with E-state index >= 15 is 0 Å². The Morgan fingerprint density at radius 2 is 2.10 bits per heavy atom. The zero-order valence-electron chi connectivity index (χ0n) is 12.6.